The van der Waals surface area contributed by atoms with Gasteiger partial charge < -0.3 is 10.7 Å². The summed E-state index contributed by atoms with van der Waals surface area (Å²) in [7, 11) is 1.87. The second-order valence-corrected chi connectivity index (χ2v) is 5.47. The molecule has 0 unspecified atom stereocenters. The fourth-order valence-electron chi connectivity index (χ4n) is 2.73. The van der Waals surface area contributed by atoms with Crippen LogP contribution in [0.2, 0.25) is 0 Å². The summed E-state index contributed by atoms with van der Waals surface area (Å²) >= 11 is 0. The van der Waals surface area contributed by atoms with Crippen molar-refractivity contribution in [3.8, 4) is 22.4 Å². The first-order valence-corrected chi connectivity index (χ1v) is 7.57. The van der Waals surface area contributed by atoms with E-state index in [-0.39, 0.29) is 0 Å². The molecule has 23 heavy (non-hydrogen) atoms. The summed E-state index contributed by atoms with van der Waals surface area (Å²) < 4.78 is 0. The number of nitrogens with zero attached hydrogens (tertiary/aromatic N) is 1. The van der Waals surface area contributed by atoms with E-state index >= 15 is 0 Å². The molecule has 3 aromatic rings. The van der Waals surface area contributed by atoms with E-state index in [9.17, 15) is 0 Å². The summed E-state index contributed by atoms with van der Waals surface area (Å²) in [5, 5.41) is 10.6. The van der Waals surface area contributed by atoms with Crippen molar-refractivity contribution in [1.29, 1.82) is 5.41 Å². The lowest BCUT2D eigenvalue weighted by atomic mass is 9.97. The number of benzene rings is 2. The van der Waals surface area contributed by atoms with Crippen molar-refractivity contribution in [1.82, 2.24) is 4.98 Å². The van der Waals surface area contributed by atoms with Gasteiger partial charge in [-0.05, 0) is 30.7 Å². The van der Waals surface area contributed by atoms with Gasteiger partial charge in [-0.15, -0.1) is 0 Å². The molecule has 0 aliphatic heterocycles. The van der Waals surface area contributed by atoms with Gasteiger partial charge in [0.25, 0.3) is 0 Å². The zero-order valence-electron chi connectivity index (χ0n) is 13.3. The number of aryl methyl sites for hydroxylation is 1. The molecule has 0 bridgehead atoms. The molecular formula is C20H19N3. The van der Waals surface area contributed by atoms with Crippen LogP contribution in [0.4, 0.5) is 5.69 Å². The van der Waals surface area contributed by atoms with Gasteiger partial charge in [-0.3, -0.25) is 4.98 Å². The number of nitrogens with one attached hydrogen (secondary N) is 2. The smallest absolute Gasteiger partial charge is 0.0780 e. The summed E-state index contributed by atoms with van der Waals surface area (Å²) in [6, 6.07) is 18.5. The molecule has 3 nitrogen and oxygen atoms in total. The molecule has 3 rings (SSSR count). The molecule has 0 saturated heterocycles. The molecule has 2 N–H and O–H groups in total. The predicted octanol–water partition coefficient (Wildman–Crippen LogP) is 4.76. The Morgan fingerprint density at radius 3 is 2.61 bits per heavy atom. The van der Waals surface area contributed by atoms with E-state index in [2.05, 4.69) is 53.6 Å². The van der Waals surface area contributed by atoms with Crippen LogP contribution >= 0.6 is 0 Å². The molecule has 0 fully saturated rings. The number of anilines is 1. The molecule has 0 radical (unpaired) electrons. The highest BCUT2D eigenvalue weighted by Crippen LogP contribution is 2.32. The Morgan fingerprint density at radius 2 is 1.87 bits per heavy atom. The van der Waals surface area contributed by atoms with Gasteiger partial charge in [-0.25, -0.2) is 0 Å². The molecule has 0 spiro atoms. The van der Waals surface area contributed by atoms with Crippen LogP contribution in [0.1, 0.15) is 11.1 Å². The van der Waals surface area contributed by atoms with Crippen molar-refractivity contribution in [2.75, 3.05) is 12.4 Å². The number of aromatic nitrogens is 1. The first kappa shape index (κ1) is 15.0. The minimum atomic E-state index is 0.872. The molecule has 0 aliphatic carbocycles. The topological polar surface area (TPSA) is 48.8 Å². The second-order valence-electron chi connectivity index (χ2n) is 5.47. The van der Waals surface area contributed by atoms with E-state index < -0.39 is 0 Å². The SMILES string of the molecule is CNc1cc(-c2cccnc2-c2cccc(C)c2)ccc1C=N. The minimum Gasteiger partial charge on any atom is -0.388 e. The van der Waals surface area contributed by atoms with Crippen LogP contribution in [0.15, 0.2) is 60.8 Å². The van der Waals surface area contributed by atoms with Gasteiger partial charge in [0.2, 0.25) is 0 Å². The van der Waals surface area contributed by atoms with Crippen LogP contribution in [0.5, 0.6) is 0 Å². The minimum absolute atomic E-state index is 0.872. The first-order chi connectivity index (χ1) is 11.2. The molecule has 3 heteroatoms. The third-order valence-corrected chi connectivity index (χ3v) is 3.89. The number of pyridine rings is 1. The van der Waals surface area contributed by atoms with Crippen molar-refractivity contribution in [2.45, 2.75) is 6.92 Å². The molecule has 0 aliphatic rings. The number of rotatable bonds is 4. The fraction of sp³-hybridized carbons (Fsp3) is 0.100. The van der Waals surface area contributed by atoms with E-state index in [0.29, 0.717) is 0 Å². The van der Waals surface area contributed by atoms with E-state index in [4.69, 9.17) is 5.41 Å². The Bertz CT molecular complexity index is 853. The lowest BCUT2D eigenvalue weighted by molar-refractivity contribution is 1.32. The summed E-state index contributed by atoms with van der Waals surface area (Å²) in [6.07, 6.45) is 3.19. The molecule has 0 saturated carbocycles. The van der Waals surface area contributed by atoms with Crippen LogP contribution in [-0.4, -0.2) is 18.2 Å². The molecule has 0 amide bonds. The van der Waals surface area contributed by atoms with Gasteiger partial charge >= 0.3 is 0 Å². The summed E-state index contributed by atoms with van der Waals surface area (Å²) in [5.74, 6) is 0. The highest BCUT2D eigenvalue weighted by molar-refractivity contribution is 5.90. The quantitative estimate of drug-likeness (QED) is 0.682. The van der Waals surface area contributed by atoms with Gasteiger partial charge in [0, 0.05) is 41.8 Å². The molecule has 1 aromatic heterocycles. The standard InChI is InChI=1S/C20H19N3/c1-14-5-3-6-16(11-14)20-18(7-4-10-23-20)15-8-9-17(13-21)19(12-15)22-2/h3-13,21-22H,1-2H3. The number of hydrogen-bond donors (Lipinski definition) is 2. The van der Waals surface area contributed by atoms with Crippen molar-refractivity contribution in [3.05, 3.63) is 71.9 Å². The van der Waals surface area contributed by atoms with E-state index in [0.717, 1.165) is 33.6 Å². The van der Waals surface area contributed by atoms with Crippen molar-refractivity contribution in [3.63, 3.8) is 0 Å². The average Bonchev–Trinajstić information content (AvgIpc) is 2.61. The molecular weight excluding hydrogens is 282 g/mol. The maximum atomic E-state index is 7.49. The van der Waals surface area contributed by atoms with E-state index in [1.165, 1.54) is 11.8 Å². The molecule has 1 heterocycles. The van der Waals surface area contributed by atoms with E-state index in [1.807, 2.05) is 31.4 Å². The maximum Gasteiger partial charge on any atom is 0.0780 e. The first-order valence-electron chi connectivity index (χ1n) is 7.57. The second kappa shape index (κ2) is 6.44. The molecule has 2 aromatic carbocycles. The predicted molar refractivity (Wildman–Crippen MR) is 97.3 cm³/mol. The largest absolute Gasteiger partial charge is 0.388 e. The maximum absolute atomic E-state index is 7.49. The average molecular weight is 301 g/mol. The van der Waals surface area contributed by atoms with Gasteiger partial charge in [0.15, 0.2) is 0 Å². The van der Waals surface area contributed by atoms with Gasteiger partial charge in [0.1, 0.15) is 0 Å². The monoisotopic (exact) mass is 301 g/mol. The van der Waals surface area contributed by atoms with Crippen LogP contribution in [-0.2, 0) is 0 Å². The highest BCUT2D eigenvalue weighted by atomic mass is 14.8. The third kappa shape index (κ3) is 2.99. The van der Waals surface area contributed by atoms with Crippen molar-refractivity contribution in [2.24, 2.45) is 0 Å². The Hall–Kier alpha value is -2.94. The zero-order chi connectivity index (χ0) is 16.2. The highest BCUT2D eigenvalue weighted by Gasteiger charge is 2.10. The lowest BCUT2D eigenvalue weighted by Crippen LogP contribution is -1.96. The summed E-state index contributed by atoms with van der Waals surface area (Å²) in [5.41, 5.74) is 7.29. The number of hydrogen-bond acceptors (Lipinski definition) is 3. The Balaban J connectivity index is 2.16. The lowest BCUT2D eigenvalue weighted by Gasteiger charge is -2.12. The molecule has 114 valence electrons. The Labute approximate surface area is 136 Å². The van der Waals surface area contributed by atoms with Crippen LogP contribution in [0.3, 0.4) is 0 Å². The fourth-order valence-corrected chi connectivity index (χ4v) is 2.73. The zero-order valence-corrected chi connectivity index (χ0v) is 13.3. The molecule has 0 atom stereocenters. The van der Waals surface area contributed by atoms with Crippen LogP contribution in [0, 0.1) is 12.3 Å². The summed E-state index contributed by atoms with van der Waals surface area (Å²) in [4.78, 5) is 4.60. The Morgan fingerprint density at radius 1 is 1.00 bits per heavy atom. The Kier molecular flexibility index (Phi) is 4.20. The van der Waals surface area contributed by atoms with Gasteiger partial charge in [0.05, 0.1) is 5.69 Å². The third-order valence-electron chi connectivity index (χ3n) is 3.89. The summed E-state index contributed by atoms with van der Waals surface area (Å²) in [6.45, 7) is 2.09. The van der Waals surface area contributed by atoms with Crippen molar-refractivity contribution < 1.29 is 0 Å². The van der Waals surface area contributed by atoms with Gasteiger partial charge in [-0.2, -0.15) is 0 Å². The van der Waals surface area contributed by atoms with Gasteiger partial charge in [-0.1, -0.05) is 42.0 Å². The van der Waals surface area contributed by atoms with Crippen LogP contribution < -0.4 is 5.32 Å². The normalized spacial score (nSPS) is 10.3. The van der Waals surface area contributed by atoms with Crippen molar-refractivity contribution >= 4 is 11.9 Å². The van der Waals surface area contributed by atoms with E-state index in [1.54, 1.807) is 0 Å². The van der Waals surface area contributed by atoms with Crippen LogP contribution in [0.25, 0.3) is 22.4 Å².